The molecule has 2 aliphatic rings. The van der Waals surface area contributed by atoms with Crippen LogP contribution in [0.4, 0.5) is 0 Å². The van der Waals surface area contributed by atoms with Gasteiger partial charge in [0.1, 0.15) is 26.4 Å². The number of ether oxygens (including phenoxy) is 10. The van der Waals surface area contributed by atoms with E-state index < -0.39 is 23.9 Å². The van der Waals surface area contributed by atoms with Gasteiger partial charge in [0.25, 0.3) is 0 Å². The predicted octanol–water partition coefficient (Wildman–Crippen LogP) is 0.452. The predicted molar refractivity (Wildman–Crippen MR) is 238 cm³/mol. The number of carbonyl (C=O) groups excluding carboxylic acids is 4. The summed E-state index contributed by atoms with van der Waals surface area (Å²) in [7, 11) is 7.36. The molecule has 0 N–H and O–H groups in total. The Bertz CT molecular complexity index is 1360. The lowest BCUT2D eigenvalue weighted by atomic mass is 10.3. The first-order chi connectivity index (χ1) is 31.2. The first-order valence-corrected chi connectivity index (χ1v) is 22.2. The van der Waals surface area contributed by atoms with Gasteiger partial charge in [-0.05, 0) is 40.0 Å². The molecule has 0 unspecified atom stereocenters. The third-order valence-electron chi connectivity index (χ3n) is 9.71. The molecule has 2 fully saturated rings. The standard InChI is InChI=1S/C44H76N6O14/c1-45-19-23-49(24-20-45)13-5-11-47(15-7-41(51)61-37-28-56-4)16-9-43(53)63-39-35-59-32-30-58-31-33-60-36-40-64-44(54)10-18-48(12-6-14-50-25-21-46(2)22-26-50)17-8-42(52)62-38-34-57-29-27-55-3/h7-10,15-18H,5-6,11-14,19-40H2,1-4H3/b15-7+,16-9+,17-8+,18-10+. The second kappa shape index (κ2) is 38.3. The Kier molecular flexibility index (Phi) is 33.6. The molecule has 0 aromatic heterocycles. The number of likely N-dealkylation sites (N-methyl/N-ethyl adjacent to an activating group) is 2. The summed E-state index contributed by atoms with van der Waals surface area (Å²) in [5.41, 5.74) is 0. The van der Waals surface area contributed by atoms with Crippen molar-refractivity contribution >= 4 is 23.9 Å². The van der Waals surface area contributed by atoms with Gasteiger partial charge in [0.2, 0.25) is 0 Å². The molecule has 366 valence electrons. The zero-order chi connectivity index (χ0) is 46.3. The van der Waals surface area contributed by atoms with Crippen LogP contribution in [0.15, 0.2) is 49.1 Å². The minimum Gasteiger partial charge on any atom is -0.460 e. The van der Waals surface area contributed by atoms with E-state index in [0.717, 1.165) is 78.3 Å². The fourth-order valence-electron chi connectivity index (χ4n) is 5.93. The van der Waals surface area contributed by atoms with Gasteiger partial charge in [0, 0.05) is 129 Å². The average molecular weight is 913 g/mol. The smallest absolute Gasteiger partial charge is 0.332 e. The highest BCUT2D eigenvalue weighted by Crippen LogP contribution is 2.05. The van der Waals surface area contributed by atoms with Gasteiger partial charge < -0.3 is 76.8 Å². The van der Waals surface area contributed by atoms with Gasteiger partial charge in [0.15, 0.2) is 0 Å². The van der Waals surface area contributed by atoms with Gasteiger partial charge >= 0.3 is 23.9 Å². The van der Waals surface area contributed by atoms with Crippen LogP contribution < -0.4 is 0 Å². The zero-order valence-electron chi connectivity index (χ0n) is 38.8. The number of hydrogen-bond donors (Lipinski definition) is 0. The fourth-order valence-corrected chi connectivity index (χ4v) is 5.93. The van der Waals surface area contributed by atoms with Crippen molar-refractivity contribution in [2.24, 2.45) is 0 Å². The first-order valence-electron chi connectivity index (χ1n) is 22.2. The topological polar surface area (TPSA) is 180 Å². The Labute approximate surface area is 380 Å². The molecule has 2 aliphatic heterocycles. The molecule has 2 heterocycles. The van der Waals surface area contributed by atoms with E-state index in [1.165, 1.54) is 31.4 Å². The van der Waals surface area contributed by atoms with Crippen LogP contribution in [0.5, 0.6) is 0 Å². The van der Waals surface area contributed by atoms with Crippen LogP contribution in [0.2, 0.25) is 0 Å². The van der Waals surface area contributed by atoms with Crippen molar-refractivity contribution in [2.75, 3.05) is 199 Å². The summed E-state index contributed by atoms with van der Waals surface area (Å²) < 4.78 is 52.4. The summed E-state index contributed by atoms with van der Waals surface area (Å²) in [6.07, 6.45) is 13.3. The largest absolute Gasteiger partial charge is 0.460 e. The monoisotopic (exact) mass is 913 g/mol. The van der Waals surface area contributed by atoms with Gasteiger partial charge in [0.05, 0.1) is 66.1 Å². The molecule has 20 nitrogen and oxygen atoms in total. The molecular weight excluding hydrogens is 837 g/mol. The SMILES string of the molecule is COCCOCCOC(=O)/C=C/N(/C=C/C(=O)OCCOCCOCCOCCOC(=O)/C=C/N(/C=C/C(=O)OCCOC)CCCN1CCN(C)CC1)CCCN1CCN(C)CC1. The number of esters is 4. The highest BCUT2D eigenvalue weighted by molar-refractivity contribution is 5.83. The fraction of sp³-hybridized carbons (Fsp3) is 0.727. The summed E-state index contributed by atoms with van der Waals surface area (Å²) in [6.45, 7) is 14.7. The molecule has 0 aliphatic carbocycles. The maximum Gasteiger partial charge on any atom is 0.332 e. The maximum absolute atomic E-state index is 12.4. The summed E-state index contributed by atoms with van der Waals surface area (Å²) in [4.78, 5) is 62.0. The third-order valence-corrected chi connectivity index (χ3v) is 9.71. The van der Waals surface area contributed by atoms with Crippen molar-refractivity contribution in [3.05, 3.63) is 49.1 Å². The lowest BCUT2D eigenvalue weighted by Gasteiger charge is -2.32. The molecule has 0 bridgehead atoms. The molecule has 64 heavy (non-hydrogen) atoms. The maximum atomic E-state index is 12.4. The number of hydrogen-bond acceptors (Lipinski definition) is 20. The Morgan fingerprint density at radius 2 is 0.672 bits per heavy atom. The van der Waals surface area contributed by atoms with E-state index in [0.29, 0.717) is 59.3 Å². The van der Waals surface area contributed by atoms with Gasteiger partial charge in [-0.2, -0.15) is 0 Å². The normalized spacial score (nSPS) is 15.8. The van der Waals surface area contributed by atoms with Crippen LogP contribution in [0.25, 0.3) is 0 Å². The summed E-state index contributed by atoms with van der Waals surface area (Å²) >= 11 is 0. The molecule has 2 rings (SSSR count). The van der Waals surface area contributed by atoms with E-state index >= 15 is 0 Å². The number of carbonyl (C=O) groups is 4. The summed E-state index contributed by atoms with van der Waals surface area (Å²) in [5.74, 6) is -2.07. The van der Waals surface area contributed by atoms with Crippen molar-refractivity contribution in [1.29, 1.82) is 0 Å². The molecule has 2 saturated heterocycles. The van der Waals surface area contributed by atoms with Crippen molar-refractivity contribution in [3.8, 4) is 0 Å². The van der Waals surface area contributed by atoms with E-state index in [-0.39, 0.29) is 46.2 Å². The summed E-state index contributed by atoms with van der Waals surface area (Å²) in [5, 5.41) is 0. The first kappa shape index (κ1) is 56.2. The lowest BCUT2D eigenvalue weighted by Crippen LogP contribution is -2.45. The van der Waals surface area contributed by atoms with Crippen molar-refractivity contribution in [3.63, 3.8) is 0 Å². The molecule has 20 heteroatoms. The van der Waals surface area contributed by atoms with E-state index in [2.05, 4.69) is 33.7 Å². The Hall–Kier alpha value is -3.96. The summed E-state index contributed by atoms with van der Waals surface area (Å²) in [6, 6.07) is 0. The quantitative estimate of drug-likeness (QED) is 0.0363. The van der Waals surface area contributed by atoms with E-state index in [1.807, 2.05) is 0 Å². The second-order valence-corrected chi connectivity index (χ2v) is 14.8. The number of methoxy groups -OCH3 is 2. The molecule has 0 atom stereocenters. The molecule has 0 amide bonds. The van der Waals surface area contributed by atoms with Crippen LogP contribution in [-0.2, 0) is 66.5 Å². The zero-order valence-corrected chi connectivity index (χ0v) is 38.8. The number of nitrogens with zero attached hydrogens (tertiary/aromatic N) is 6. The van der Waals surface area contributed by atoms with Crippen LogP contribution in [-0.4, -0.2) is 253 Å². The van der Waals surface area contributed by atoms with Gasteiger partial charge in [-0.1, -0.05) is 0 Å². The average Bonchev–Trinajstić information content (AvgIpc) is 3.29. The third kappa shape index (κ3) is 31.8. The molecular formula is C44H76N6O14. The van der Waals surface area contributed by atoms with E-state index in [1.54, 1.807) is 41.7 Å². The van der Waals surface area contributed by atoms with Crippen molar-refractivity contribution < 1.29 is 66.5 Å². The minimum atomic E-state index is -0.536. The van der Waals surface area contributed by atoms with Crippen molar-refractivity contribution in [1.82, 2.24) is 29.4 Å². The molecule has 0 aromatic carbocycles. The Morgan fingerprint density at radius 1 is 0.406 bits per heavy atom. The molecule has 0 aromatic rings. The number of rotatable bonds is 37. The van der Waals surface area contributed by atoms with Crippen LogP contribution >= 0.6 is 0 Å². The van der Waals surface area contributed by atoms with E-state index in [4.69, 9.17) is 47.4 Å². The van der Waals surface area contributed by atoms with Crippen molar-refractivity contribution in [2.45, 2.75) is 12.8 Å². The molecule has 0 saturated carbocycles. The van der Waals surface area contributed by atoms with Crippen LogP contribution in [0.3, 0.4) is 0 Å². The van der Waals surface area contributed by atoms with Gasteiger partial charge in [-0.15, -0.1) is 0 Å². The lowest BCUT2D eigenvalue weighted by molar-refractivity contribution is -0.140. The van der Waals surface area contributed by atoms with Gasteiger partial charge in [-0.3, -0.25) is 0 Å². The Morgan fingerprint density at radius 3 is 0.984 bits per heavy atom. The Balaban J connectivity index is 1.58. The molecule has 0 spiro atoms. The highest BCUT2D eigenvalue weighted by Gasteiger charge is 2.15. The molecule has 0 radical (unpaired) electrons. The minimum absolute atomic E-state index is 0.0633. The van der Waals surface area contributed by atoms with E-state index in [9.17, 15) is 19.2 Å². The highest BCUT2D eigenvalue weighted by atomic mass is 16.6. The van der Waals surface area contributed by atoms with Crippen LogP contribution in [0, 0.1) is 0 Å². The number of piperazine rings is 2. The van der Waals surface area contributed by atoms with Crippen LogP contribution in [0.1, 0.15) is 12.8 Å². The van der Waals surface area contributed by atoms with Gasteiger partial charge in [-0.25, -0.2) is 19.2 Å². The second-order valence-electron chi connectivity index (χ2n) is 14.8.